The minimum absolute atomic E-state index is 0.0682. The summed E-state index contributed by atoms with van der Waals surface area (Å²) in [5, 5.41) is 0. The maximum absolute atomic E-state index is 13.1. The van der Waals surface area contributed by atoms with E-state index in [0.717, 1.165) is 11.3 Å². The van der Waals surface area contributed by atoms with Crippen LogP contribution in [0.1, 0.15) is 52.0 Å². The highest BCUT2D eigenvalue weighted by atomic mass is 19.4. The van der Waals surface area contributed by atoms with Crippen molar-refractivity contribution in [3.63, 3.8) is 0 Å². The standard InChI is InChI=1S/C25H35F3N2O4/c1-4-33-20-8-6-5-7-19(20)16-29-12-9-24(21(17-29)34-23(32)25(26,27)28)10-13-30(14-11-24)22(31)15-18(2)3/h5-8,18,21H,4,9-17H2,1-3H3. The molecule has 2 fully saturated rings. The molecule has 3 rings (SSSR count). The van der Waals surface area contributed by atoms with Crippen LogP contribution in [0.5, 0.6) is 5.75 Å². The van der Waals surface area contributed by atoms with Crippen molar-refractivity contribution in [2.45, 2.75) is 65.3 Å². The molecule has 0 radical (unpaired) electrons. The molecule has 6 nitrogen and oxygen atoms in total. The SMILES string of the molecule is CCOc1ccccc1CN1CCC2(CCN(C(=O)CC(C)C)CC2)C(OC(=O)C(F)(F)F)C1. The normalized spacial score (nSPS) is 21.0. The van der Waals surface area contributed by atoms with E-state index < -0.39 is 23.7 Å². The lowest BCUT2D eigenvalue weighted by Crippen LogP contribution is -2.57. The van der Waals surface area contributed by atoms with Crippen molar-refractivity contribution >= 4 is 11.9 Å². The summed E-state index contributed by atoms with van der Waals surface area (Å²) in [6, 6.07) is 7.58. The second kappa shape index (κ2) is 11.0. The van der Waals surface area contributed by atoms with Crippen molar-refractivity contribution in [1.82, 2.24) is 9.80 Å². The molecule has 0 aromatic heterocycles. The van der Waals surface area contributed by atoms with Gasteiger partial charge in [-0.2, -0.15) is 13.2 Å². The molecule has 34 heavy (non-hydrogen) atoms. The van der Waals surface area contributed by atoms with Crippen LogP contribution in [0.15, 0.2) is 24.3 Å². The second-order valence-electron chi connectivity index (χ2n) is 9.76. The summed E-state index contributed by atoms with van der Waals surface area (Å²) in [4.78, 5) is 28.1. The van der Waals surface area contributed by atoms with Crippen LogP contribution in [0.2, 0.25) is 0 Å². The number of alkyl halides is 3. The molecule has 2 aliphatic rings. The van der Waals surface area contributed by atoms with E-state index in [4.69, 9.17) is 9.47 Å². The van der Waals surface area contributed by atoms with Gasteiger partial charge in [0, 0.05) is 43.6 Å². The van der Waals surface area contributed by atoms with E-state index in [1.807, 2.05) is 49.9 Å². The number of benzene rings is 1. The van der Waals surface area contributed by atoms with Gasteiger partial charge in [-0.1, -0.05) is 32.0 Å². The summed E-state index contributed by atoms with van der Waals surface area (Å²) < 4.78 is 50.0. The predicted molar refractivity (Wildman–Crippen MR) is 121 cm³/mol. The molecule has 1 unspecified atom stereocenters. The Balaban J connectivity index is 1.74. The van der Waals surface area contributed by atoms with E-state index in [0.29, 0.717) is 58.5 Å². The van der Waals surface area contributed by atoms with Crippen LogP contribution in [-0.4, -0.2) is 66.7 Å². The van der Waals surface area contributed by atoms with Crippen LogP contribution in [-0.2, 0) is 20.9 Å². The molecule has 9 heteroatoms. The zero-order valence-electron chi connectivity index (χ0n) is 20.2. The Morgan fingerprint density at radius 3 is 2.38 bits per heavy atom. The first kappa shape index (κ1) is 26.3. The molecule has 0 aliphatic carbocycles. The Bertz CT molecular complexity index is 851. The number of halogens is 3. The summed E-state index contributed by atoms with van der Waals surface area (Å²) in [6.45, 7) is 8.68. The number of hydrogen-bond acceptors (Lipinski definition) is 5. The van der Waals surface area contributed by atoms with Crippen molar-refractivity contribution in [2.75, 3.05) is 32.8 Å². The second-order valence-corrected chi connectivity index (χ2v) is 9.76. The lowest BCUT2D eigenvalue weighted by molar-refractivity contribution is -0.217. The van der Waals surface area contributed by atoms with E-state index in [1.165, 1.54) is 0 Å². The zero-order valence-corrected chi connectivity index (χ0v) is 20.2. The first-order valence-electron chi connectivity index (χ1n) is 12.0. The molecule has 0 N–H and O–H groups in total. The number of likely N-dealkylation sites (tertiary alicyclic amines) is 2. The van der Waals surface area contributed by atoms with Gasteiger partial charge in [0.05, 0.1) is 6.61 Å². The lowest BCUT2D eigenvalue weighted by Gasteiger charge is -2.51. The number of para-hydroxylation sites is 1. The molecule has 1 aromatic carbocycles. The largest absolute Gasteiger partial charge is 0.494 e. The Morgan fingerprint density at radius 1 is 1.12 bits per heavy atom. The summed E-state index contributed by atoms with van der Waals surface area (Å²) >= 11 is 0. The Hall–Kier alpha value is -2.29. The number of carbonyl (C=O) groups excluding carboxylic acids is 2. The highest BCUT2D eigenvalue weighted by Crippen LogP contribution is 2.44. The van der Waals surface area contributed by atoms with Crippen molar-refractivity contribution in [3.05, 3.63) is 29.8 Å². The average Bonchev–Trinajstić information content (AvgIpc) is 2.77. The predicted octanol–water partition coefficient (Wildman–Crippen LogP) is 4.42. The molecule has 0 bridgehead atoms. The van der Waals surface area contributed by atoms with Gasteiger partial charge >= 0.3 is 12.1 Å². The van der Waals surface area contributed by atoms with Crippen LogP contribution >= 0.6 is 0 Å². The molecule has 1 amide bonds. The van der Waals surface area contributed by atoms with Crippen LogP contribution in [0.3, 0.4) is 0 Å². The third-order valence-corrected chi connectivity index (χ3v) is 6.87. The minimum Gasteiger partial charge on any atom is -0.494 e. The monoisotopic (exact) mass is 484 g/mol. The first-order chi connectivity index (χ1) is 16.0. The third kappa shape index (κ3) is 6.43. The fraction of sp³-hybridized carbons (Fsp3) is 0.680. The van der Waals surface area contributed by atoms with Crippen molar-refractivity contribution in [1.29, 1.82) is 0 Å². The van der Waals surface area contributed by atoms with E-state index in [9.17, 15) is 22.8 Å². The Morgan fingerprint density at radius 2 is 1.76 bits per heavy atom. The Kier molecular flexibility index (Phi) is 8.49. The summed E-state index contributed by atoms with van der Waals surface area (Å²) in [6.07, 6.45) is -3.83. The fourth-order valence-electron chi connectivity index (χ4n) is 4.99. The van der Waals surface area contributed by atoms with Gasteiger partial charge in [0.15, 0.2) is 0 Å². The van der Waals surface area contributed by atoms with E-state index in [2.05, 4.69) is 0 Å². The van der Waals surface area contributed by atoms with Crippen LogP contribution in [0.4, 0.5) is 13.2 Å². The molecule has 2 saturated heterocycles. The lowest BCUT2D eigenvalue weighted by atomic mass is 9.69. The fourth-order valence-corrected chi connectivity index (χ4v) is 4.99. The van der Waals surface area contributed by atoms with Gasteiger partial charge in [-0.15, -0.1) is 0 Å². The highest BCUT2D eigenvalue weighted by Gasteiger charge is 2.51. The molecule has 2 aliphatic heterocycles. The number of rotatable bonds is 7. The molecule has 1 spiro atoms. The third-order valence-electron chi connectivity index (χ3n) is 6.87. The van der Waals surface area contributed by atoms with Crippen molar-refractivity contribution < 1.29 is 32.2 Å². The van der Waals surface area contributed by atoms with Gasteiger partial charge in [-0.05, 0) is 44.7 Å². The summed E-state index contributed by atoms with van der Waals surface area (Å²) in [5.74, 6) is -1.09. The van der Waals surface area contributed by atoms with Crippen LogP contribution in [0, 0.1) is 11.3 Å². The molecule has 1 atom stereocenters. The van der Waals surface area contributed by atoms with E-state index in [1.54, 1.807) is 4.90 Å². The van der Waals surface area contributed by atoms with Gasteiger partial charge in [0.1, 0.15) is 11.9 Å². The summed E-state index contributed by atoms with van der Waals surface area (Å²) in [7, 11) is 0. The zero-order chi connectivity index (χ0) is 24.9. The van der Waals surface area contributed by atoms with Gasteiger partial charge in [-0.25, -0.2) is 4.79 Å². The number of amides is 1. The number of hydrogen-bond donors (Lipinski definition) is 0. The molecular weight excluding hydrogens is 449 g/mol. The molecule has 1 aromatic rings. The van der Waals surface area contributed by atoms with Crippen LogP contribution < -0.4 is 4.74 Å². The van der Waals surface area contributed by atoms with Gasteiger partial charge in [0.25, 0.3) is 0 Å². The van der Waals surface area contributed by atoms with E-state index in [-0.39, 0.29) is 18.4 Å². The smallest absolute Gasteiger partial charge is 0.490 e. The number of piperidine rings is 2. The Labute approximate surface area is 199 Å². The number of ether oxygens (including phenoxy) is 2. The molecular formula is C25H35F3N2O4. The maximum atomic E-state index is 13.1. The maximum Gasteiger partial charge on any atom is 0.490 e. The number of carbonyl (C=O) groups is 2. The van der Waals surface area contributed by atoms with Gasteiger partial charge in [0.2, 0.25) is 5.91 Å². The number of nitrogens with zero attached hydrogens (tertiary/aromatic N) is 2. The molecule has 2 heterocycles. The van der Waals surface area contributed by atoms with Crippen molar-refractivity contribution in [2.24, 2.45) is 11.3 Å². The summed E-state index contributed by atoms with van der Waals surface area (Å²) in [5.41, 5.74) is 0.376. The van der Waals surface area contributed by atoms with Gasteiger partial charge in [-0.3, -0.25) is 9.69 Å². The number of esters is 1. The topological polar surface area (TPSA) is 59.1 Å². The minimum atomic E-state index is -5.04. The van der Waals surface area contributed by atoms with Gasteiger partial charge < -0.3 is 14.4 Å². The first-order valence-corrected chi connectivity index (χ1v) is 12.0. The van der Waals surface area contributed by atoms with E-state index >= 15 is 0 Å². The van der Waals surface area contributed by atoms with Crippen LogP contribution in [0.25, 0.3) is 0 Å². The molecule has 0 saturated carbocycles. The molecule has 190 valence electrons. The van der Waals surface area contributed by atoms with Crippen molar-refractivity contribution in [3.8, 4) is 5.75 Å². The highest BCUT2D eigenvalue weighted by molar-refractivity contribution is 5.76. The average molecular weight is 485 g/mol. The quantitative estimate of drug-likeness (QED) is 0.537.